The fourth-order valence-electron chi connectivity index (χ4n) is 4.00. The van der Waals surface area contributed by atoms with Gasteiger partial charge in [-0.1, -0.05) is 13.0 Å². The Labute approximate surface area is 193 Å². The van der Waals surface area contributed by atoms with E-state index >= 15 is 4.39 Å². The van der Waals surface area contributed by atoms with Crippen molar-refractivity contribution in [2.75, 3.05) is 7.11 Å². The summed E-state index contributed by atoms with van der Waals surface area (Å²) in [6.45, 7) is 7.74. The zero-order valence-corrected chi connectivity index (χ0v) is 19.9. The van der Waals surface area contributed by atoms with E-state index in [0.717, 1.165) is 28.9 Å². The summed E-state index contributed by atoms with van der Waals surface area (Å²) in [6, 6.07) is 5.14. The predicted molar refractivity (Wildman–Crippen MR) is 125 cm³/mol. The summed E-state index contributed by atoms with van der Waals surface area (Å²) in [4.78, 5) is 19.0. The quantitative estimate of drug-likeness (QED) is 0.389. The van der Waals surface area contributed by atoms with Crippen molar-refractivity contribution >= 4 is 11.2 Å². The molecular weight excluding hydrogens is 419 g/mol. The monoisotopic (exact) mass is 448 g/mol. The van der Waals surface area contributed by atoms with Crippen LogP contribution in [0, 0.1) is 26.6 Å². The minimum absolute atomic E-state index is 0.0183. The molecule has 7 nitrogen and oxygen atoms in total. The number of nitrogens with zero attached hydrogens (tertiary/aromatic N) is 6. The van der Waals surface area contributed by atoms with E-state index in [4.69, 9.17) is 14.7 Å². The average Bonchev–Trinajstić information content (AvgIpc) is 3.21. The molecule has 33 heavy (non-hydrogen) atoms. The first-order valence-electron chi connectivity index (χ1n) is 11.1. The average molecular weight is 449 g/mol. The topological polar surface area (TPSA) is 78.6 Å². The summed E-state index contributed by atoms with van der Waals surface area (Å²) in [7, 11) is 3.57. The Morgan fingerprint density at radius 3 is 2.45 bits per heavy atom. The molecule has 0 radical (unpaired) electrons. The second-order valence-electron chi connectivity index (χ2n) is 8.49. The van der Waals surface area contributed by atoms with Crippen molar-refractivity contribution in [1.29, 1.82) is 0 Å². The third-order valence-corrected chi connectivity index (χ3v) is 6.08. The zero-order valence-electron chi connectivity index (χ0n) is 19.9. The molecular formula is C25H29FN6O. The lowest BCUT2D eigenvalue weighted by molar-refractivity contribution is 0.0875. The number of hydrogen-bond donors (Lipinski definition) is 0. The Morgan fingerprint density at radius 1 is 1.06 bits per heavy atom. The predicted octanol–water partition coefficient (Wildman–Crippen LogP) is 5.16. The van der Waals surface area contributed by atoms with E-state index in [2.05, 4.69) is 22.0 Å². The van der Waals surface area contributed by atoms with Crippen LogP contribution in [-0.4, -0.2) is 36.8 Å². The highest BCUT2D eigenvalue weighted by Gasteiger charge is 2.24. The van der Waals surface area contributed by atoms with Crippen LogP contribution in [0.1, 0.15) is 60.1 Å². The van der Waals surface area contributed by atoms with Crippen LogP contribution >= 0.6 is 0 Å². The molecule has 0 saturated carbocycles. The number of halogens is 1. The SMILES string of the molecule is CCC(CC(OC)c1cnn(C)c1)c1nc(-c2ccc(C)cc2F)c2nc(C)c(C)nc2n1. The highest BCUT2D eigenvalue weighted by atomic mass is 19.1. The van der Waals surface area contributed by atoms with Crippen molar-refractivity contribution in [3.05, 3.63) is 64.7 Å². The first-order valence-corrected chi connectivity index (χ1v) is 11.1. The van der Waals surface area contributed by atoms with Crippen LogP contribution in [-0.2, 0) is 11.8 Å². The standard InChI is InChI=1S/C25H29FN6O/c1-7-17(11-21(33-6)18-12-27-32(5)13-18)24-30-22(19-9-8-14(2)10-20(19)26)23-25(31-24)29-16(4)15(3)28-23/h8-10,12-13,17,21H,7,11H2,1-6H3. The van der Waals surface area contributed by atoms with Gasteiger partial charge in [0.2, 0.25) is 0 Å². The summed E-state index contributed by atoms with van der Waals surface area (Å²) in [5, 5.41) is 4.27. The van der Waals surface area contributed by atoms with Crippen molar-refractivity contribution in [2.24, 2.45) is 7.05 Å². The lowest BCUT2D eigenvalue weighted by Crippen LogP contribution is -2.12. The van der Waals surface area contributed by atoms with Gasteiger partial charge in [0, 0.05) is 37.4 Å². The number of aromatic nitrogens is 6. The van der Waals surface area contributed by atoms with Gasteiger partial charge in [-0.15, -0.1) is 0 Å². The number of ether oxygens (including phenoxy) is 1. The third-order valence-electron chi connectivity index (χ3n) is 6.08. The first-order chi connectivity index (χ1) is 15.8. The minimum atomic E-state index is -0.334. The first kappa shape index (κ1) is 22.9. The van der Waals surface area contributed by atoms with Crippen LogP contribution in [0.25, 0.3) is 22.4 Å². The summed E-state index contributed by atoms with van der Waals surface area (Å²) in [5.41, 5.74) is 5.27. The molecule has 0 fully saturated rings. The van der Waals surface area contributed by atoms with E-state index in [9.17, 15) is 0 Å². The number of methoxy groups -OCH3 is 1. The van der Waals surface area contributed by atoms with Crippen molar-refractivity contribution in [3.8, 4) is 11.3 Å². The number of rotatable bonds is 7. The molecule has 2 atom stereocenters. The molecule has 8 heteroatoms. The van der Waals surface area contributed by atoms with Crippen LogP contribution in [0.15, 0.2) is 30.6 Å². The second-order valence-corrected chi connectivity index (χ2v) is 8.49. The molecule has 0 N–H and O–H groups in total. The van der Waals surface area contributed by atoms with Crippen molar-refractivity contribution < 1.29 is 9.13 Å². The second kappa shape index (κ2) is 9.31. The van der Waals surface area contributed by atoms with Gasteiger partial charge in [0.05, 0.1) is 23.7 Å². The fraction of sp³-hybridized carbons (Fsp3) is 0.400. The molecule has 172 valence electrons. The molecule has 3 aromatic heterocycles. The molecule has 4 rings (SSSR count). The molecule has 0 aliphatic rings. The zero-order chi connectivity index (χ0) is 23.7. The van der Waals surface area contributed by atoms with Crippen LogP contribution in [0.4, 0.5) is 4.39 Å². The lowest BCUT2D eigenvalue weighted by atomic mass is 9.94. The summed E-state index contributed by atoms with van der Waals surface area (Å²) >= 11 is 0. The maximum Gasteiger partial charge on any atom is 0.182 e. The summed E-state index contributed by atoms with van der Waals surface area (Å²) < 4.78 is 22.5. The largest absolute Gasteiger partial charge is 0.377 e. The molecule has 0 amide bonds. The van der Waals surface area contributed by atoms with Gasteiger partial charge in [0.15, 0.2) is 5.65 Å². The Hall–Kier alpha value is -3.26. The van der Waals surface area contributed by atoms with E-state index < -0.39 is 0 Å². The molecule has 1 aromatic carbocycles. The van der Waals surface area contributed by atoms with Crippen LogP contribution < -0.4 is 0 Å². The van der Waals surface area contributed by atoms with E-state index in [1.54, 1.807) is 17.9 Å². The third kappa shape index (κ3) is 4.61. The van der Waals surface area contributed by atoms with Gasteiger partial charge in [-0.3, -0.25) is 4.68 Å². The van der Waals surface area contributed by atoms with Gasteiger partial charge in [0.1, 0.15) is 22.9 Å². The van der Waals surface area contributed by atoms with Gasteiger partial charge in [-0.25, -0.2) is 24.3 Å². The molecule has 0 saturated heterocycles. The van der Waals surface area contributed by atoms with Crippen molar-refractivity contribution in [2.45, 2.75) is 52.6 Å². The Morgan fingerprint density at radius 2 is 1.82 bits per heavy atom. The molecule has 0 aliphatic carbocycles. The molecule has 0 aliphatic heterocycles. The highest BCUT2D eigenvalue weighted by molar-refractivity contribution is 5.87. The van der Waals surface area contributed by atoms with Crippen molar-refractivity contribution in [1.82, 2.24) is 29.7 Å². The van der Waals surface area contributed by atoms with Gasteiger partial charge < -0.3 is 4.74 Å². The minimum Gasteiger partial charge on any atom is -0.377 e. The lowest BCUT2D eigenvalue weighted by Gasteiger charge is -2.21. The van der Waals surface area contributed by atoms with Gasteiger partial charge in [-0.05, 0) is 51.3 Å². The maximum absolute atomic E-state index is 15.0. The fourth-order valence-corrected chi connectivity index (χ4v) is 4.00. The Balaban J connectivity index is 1.85. The van der Waals surface area contributed by atoms with Crippen LogP contribution in [0.2, 0.25) is 0 Å². The number of fused-ring (bicyclic) bond motifs is 1. The van der Waals surface area contributed by atoms with E-state index in [1.807, 2.05) is 46.3 Å². The molecule has 2 unspecified atom stereocenters. The number of aryl methyl sites for hydroxylation is 4. The summed E-state index contributed by atoms with van der Waals surface area (Å²) in [6.07, 6.45) is 5.06. The highest BCUT2D eigenvalue weighted by Crippen LogP contribution is 2.34. The van der Waals surface area contributed by atoms with Gasteiger partial charge in [-0.2, -0.15) is 5.10 Å². The van der Waals surface area contributed by atoms with E-state index in [-0.39, 0.29) is 17.8 Å². The normalized spacial score (nSPS) is 13.4. The maximum atomic E-state index is 15.0. The van der Waals surface area contributed by atoms with Crippen molar-refractivity contribution in [3.63, 3.8) is 0 Å². The number of benzene rings is 1. The van der Waals surface area contributed by atoms with Crippen LogP contribution in [0.3, 0.4) is 0 Å². The smallest absolute Gasteiger partial charge is 0.182 e. The Bertz CT molecular complexity index is 1300. The summed E-state index contributed by atoms with van der Waals surface area (Å²) in [5.74, 6) is 0.262. The van der Waals surface area contributed by atoms with Gasteiger partial charge >= 0.3 is 0 Å². The Kier molecular flexibility index (Phi) is 6.47. The molecule has 0 bridgehead atoms. The van der Waals surface area contributed by atoms with E-state index in [1.165, 1.54) is 6.07 Å². The number of hydrogen-bond acceptors (Lipinski definition) is 6. The van der Waals surface area contributed by atoms with E-state index in [0.29, 0.717) is 34.7 Å². The van der Waals surface area contributed by atoms with Crippen LogP contribution in [0.5, 0.6) is 0 Å². The van der Waals surface area contributed by atoms with Gasteiger partial charge in [0.25, 0.3) is 0 Å². The molecule has 3 heterocycles. The molecule has 4 aromatic rings. The molecule has 0 spiro atoms.